The van der Waals surface area contributed by atoms with Gasteiger partial charge in [-0.15, -0.1) is 12.4 Å². The number of likely N-dealkylation sites (tertiary alicyclic amines) is 1. The zero-order chi connectivity index (χ0) is 17.7. The van der Waals surface area contributed by atoms with Gasteiger partial charge >= 0.3 is 0 Å². The van der Waals surface area contributed by atoms with Crippen LogP contribution in [0.15, 0.2) is 18.2 Å². The third kappa shape index (κ3) is 5.64. The minimum Gasteiger partial charge on any atom is -0.349 e. The van der Waals surface area contributed by atoms with Gasteiger partial charge in [0.15, 0.2) is 0 Å². The maximum absolute atomic E-state index is 14.1. The number of piperidine rings is 1. The first-order valence-electron chi connectivity index (χ1n) is 8.14. The van der Waals surface area contributed by atoms with E-state index >= 15 is 0 Å². The van der Waals surface area contributed by atoms with Crippen LogP contribution in [0.3, 0.4) is 0 Å². The van der Waals surface area contributed by atoms with Crippen molar-refractivity contribution in [3.8, 4) is 0 Å². The quantitative estimate of drug-likeness (QED) is 0.829. The van der Waals surface area contributed by atoms with E-state index in [1.165, 1.54) is 13.0 Å². The number of nitrogens with zero attached hydrogens (tertiary/aromatic N) is 1. The molecular formula is C17H24ClF2N3O2. The van der Waals surface area contributed by atoms with E-state index in [2.05, 4.69) is 5.32 Å². The number of amides is 2. The van der Waals surface area contributed by atoms with Crippen molar-refractivity contribution >= 4 is 24.2 Å². The maximum Gasteiger partial charge on any atom is 0.225 e. The predicted octanol–water partition coefficient (Wildman–Crippen LogP) is 2.29. The molecule has 1 aliphatic heterocycles. The molecule has 0 spiro atoms. The van der Waals surface area contributed by atoms with Crippen molar-refractivity contribution in [1.82, 2.24) is 10.2 Å². The molecule has 1 aromatic carbocycles. The van der Waals surface area contributed by atoms with Crippen molar-refractivity contribution in [3.05, 3.63) is 35.4 Å². The zero-order valence-electron chi connectivity index (χ0n) is 14.1. The van der Waals surface area contributed by atoms with Gasteiger partial charge in [0, 0.05) is 37.7 Å². The number of hydrogen-bond acceptors (Lipinski definition) is 3. The number of nitrogens with two attached hydrogens (primary N) is 1. The fraction of sp³-hybridized carbons (Fsp3) is 0.529. The molecule has 0 aromatic heterocycles. The van der Waals surface area contributed by atoms with E-state index in [1.807, 2.05) is 0 Å². The molecule has 3 N–H and O–H groups in total. The van der Waals surface area contributed by atoms with Gasteiger partial charge < -0.3 is 16.0 Å². The molecule has 0 aliphatic carbocycles. The minimum absolute atomic E-state index is 0. The van der Waals surface area contributed by atoms with E-state index < -0.39 is 17.7 Å². The maximum atomic E-state index is 14.1. The largest absolute Gasteiger partial charge is 0.349 e. The molecule has 0 radical (unpaired) electrons. The Bertz CT molecular complexity index is 616. The van der Waals surface area contributed by atoms with Crippen LogP contribution >= 0.6 is 12.4 Å². The average Bonchev–Trinajstić information content (AvgIpc) is 2.53. The van der Waals surface area contributed by atoms with Gasteiger partial charge in [-0.25, -0.2) is 8.78 Å². The Balaban J connectivity index is 0.00000312. The average molecular weight is 376 g/mol. The third-order valence-electron chi connectivity index (χ3n) is 4.31. The Morgan fingerprint density at radius 2 is 2.08 bits per heavy atom. The van der Waals surface area contributed by atoms with E-state index in [4.69, 9.17) is 5.73 Å². The first kappa shape index (κ1) is 21.3. The molecule has 2 rings (SSSR count). The molecule has 0 bridgehead atoms. The standard InChI is InChI=1S/C17H23F2N3O2.ClH/c1-11(23)21-16(14-6-5-12(18)8-15(14)19)9-17(24)22-7-3-2-4-13(22)10-20;/h5-6,8,13,16H,2-4,7,9-10,20H2,1H3,(H,21,23);1H. The molecule has 25 heavy (non-hydrogen) atoms. The van der Waals surface area contributed by atoms with Crippen LogP contribution in [0.1, 0.15) is 44.2 Å². The van der Waals surface area contributed by atoms with Crippen LogP contribution in [-0.2, 0) is 9.59 Å². The summed E-state index contributed by atoms with van der Waals surface area (Å²) in [5.41, 5.74) is 5.83. The smallest absolute Gasteiger partial charge is 0.225 e. The summed E-state index contributed by atoms with van der Waals surface area (Å²) in [6, 6.07) is 2.26. The molecule has 1 fully saturated rings. The Kier molecular flexibility index (Phi) is 8.25. The van der Waals surface area contributed by atoms with Crippen LogP contribution in [-0.4, -0.2) is 35.8 Å². The lowest BCUT2D eigenvalue weighted by atomic mass is 9.98. The SMILES string of the molecule is CC(=O)NC(CC(=O)N1CCCCC1CN)c1ccc(F)cc1F.Cl. The molecule has 140 valence electrons. The highest BCUT2D eigenvalue weighted by Gasteiger charge is 2.29. The summed E-state index contributed by atoms with van der Waals surface area (Å²) in [7, 11) is 0. The predicted molar refractivity (Wildman–Crippen MR) is 93.2 cm³/mol. The topological polar surface area (TPSA) is 75.4 Å². The number of nitrogens with one attached hydrogen (secondary N) is 1. The van der Waals surface area contributed by atoms with Gasteiger partial charge in [0.1, 0.15) is 11.6 Å². The van der Waals surface area contributed by atoms with Gasteiger partial charge in [0.05, 0.1) is 12.5 Å². The van der Waals surface area contributed by atoms with Crippen molar-refractivity contribution in [2.75, 3.05) is 13.1 Å². The van der Waals surface area contributed by atoms with Crippen molar-refractivity contribution in [1.29, 1.82) is 0 Å². The number of carbonyl (C=O) groups is 2. The highest BCUT2D eigenvalue weighted by molar-refractivity contribution is 5.85. The molecule has 1 aliphatic rings. The summed E-state index contributed by atoms with van der Waals surface area (Å²) in [5.74, 6) is -2.06. The van der Waals surface area contributed by atoms with Gasteiger partial charge in [-0.05, 0) is 25.3 Å². The highest BCUT2D eigenvalue weighted by atomic mass is 35.5. The van der Waals surface area contributed by atoms with Crippen molar-refractivity contribution in [2.24, 2.45) is 5.73 Å². The van der Waals surface area contributed by atoms with Gasteiger partial charge in [-0.3, -0.25) is 9.59 Å². The van der Waals surface area contributed by atoms with Crippen LogP contribution in [0.2, 0.25) is 0 Å². The van der Waals surface area contributed by atoms with E-state index in [0.29, 0.717) is 13.1 Å². The highest BCUT2D eigenvalue weighted by Crippen LogP contribution is 2.24. The molecule has 0 saturated carbocycles. The molecule has 8 heteroatoms. The van der Waals surface area contributed by atoms with Crippen LogP contribution in [0.25, 0.3) is 0 Å². The first-order valence-corrected chi connectivity index (χ1v) is 8.14. The summed E-state index contributed by atoms with van der Waals surface area (Å²) in [6.07, 6.45) is 2.68. The number of benzene rings is 1. The fourth-order valence-electron chi connectivity index (χ4n) is 3.13. The summed E-state index contributed by atoms with van der Waals surface area (Å²) >= 11 is 0. The Morgan fingerprint density at radius 3 is 2.68 bits per heavy atom. The number of rotatable bonds is 5. The monoisotopic (exact) mass is 375 g/mol. The number of halogens is 3. The Hall–Kier alpha value is -1.73. The molecule has 2 unspecified atom stereocenters. The summed E-state index contributed by atoms with van der Waals surface area (Å²) < 4.78 is 27.2. The molecule has 2 atom stereocenters. The van der Waals surface area contributed by atoms with Gasteiger partial charge in [-0.2, -0.15) is 0 Å². The van der Waals surface area contributed by atoms with Crippen molar-refractivity contribution in [3.63, 3.8) is 0 Å². The number of carbonyl (C=O) groups excluding carboxylic acids is 2. The van der Waals surface area contributed by atoms with E-state index in [1.54, 1.807) is 4.90 Å². The lowest BCUT2D eigenvalue weighted by molar-refractivity contribution is -0.135. The van der Waals surface area contributed by atoms with Gasteiger partial charge in [0.2, 0.25) is 11.8 Å². The van der Waals surface area contributed by atoms with Crippen LogP contribution in [0.5, 0.6) is 0 Å². The summed E-state index contributed by atoms with van der Waals surface area (Å²) in [5, 5.41) is 2.58. The van der Waals surface area contributed by atoms with Gasteiger partial charge in [0.25, 0.3) is 0 Å². The first-order chi connectivity index (χ1) is 11.4. The molecule has 2 amide bonds. The molecule has 1 saturated heterocycles. The fourth-order valence-corrected chi connectivity index (χ4v) is 3.13. The normalized spacial score (nSPS) is 18.2. The minimum atomic E-state index is -0.837. The lowest BCUT2D eigenvalue weighted by Crippen LogP contribution is -2.48. The van der Waals surface area contributed by atoms with Crippen molar-refractivity contribution < 1.29 is 18.4 Å². The Morgan fingerprint density at radius 1 is 1.36 bits per heavy atom. The van der Waals surface area contributed by atoms with Gasteiger partial charge in [-0.1, -0.05) is 6.07 Å². The van der Waals surface area contributed by atoms with Crippen LogP contribution in [0, 0.1) is 11.6 Å². The molecule has 1 heterocycles. The second-order valence-electron chi connectivity index (χ2n) is 6.10. The molecule has 5 nitrogen and oxygen atoms in total. The summed E-state index contributed by atoms with van der Waals surface area (Å²) in [4.78, 5) is 25.8. The summed E-state index contributed by atoms with van der Waals surface area (Å²) in [6.45, 7) is 2.28. The molecule has 1 aromatic rings. The second-order valence-corrected chi connectivity index (χ2v) is 6.10. The Labute approximate surface area is 152 Å². The lowest BCUT2D eigenvalue weighted by Gasteiger charge is -2.36. The van der Waals surface area contributed by atoms with Crippen molar-refractivity contribution in [2.45, 2.75) is 44.7 Å². The molecular weight excluding hydrogens is 352 g/mol. The van der Waals surface area contributed by atoms with Crippen LogP contribution < -0.4 is 11.1 Å². The van der Waals surface area contributed by atoms with E-state index in [9.17, 15) is 18.4 Å². The third-order valence-corrected chi connectivity index (χ3v) is 4.31. The zero-order valence-corrected chi connectivity index (χ0v) is 15.0. The van der Waals surface area contributed by atoms with E-state index in [0.717, 1.165) is 31.4 Å². The van der Waals surface area contributed by atoms with E-state index in [-0.39, 0.29) is 42.2 Å². The van der Waals surface area contributed by atoms with Crippen LogP contribution in [0.4, 0.5) is 8.78 Å². The number of hydrogen-bond donors (Lipinski definition) is 2. The second kappa shape index (κ2) is 9.68.